The van der Waals surface area contributed by atoms with Crippen molar-refractivity contribution in [3.8, 4) is 0 Å². The molecule has 0 heterocycles. The van der Waals surface area contributed by atoms with E-state index in [-0.39, 0.29) is 10.8 Å². The highest BCUT2D eigenvalue weighted by Crippen LogP contribution is 2.22. The zero-order valence-electron chi connectivity index (χ0n) is 11.4. The lowest BCUT2D eigenvalue weighted by molar-refractivity contribution is 0.530. The normalized spacial score (nSPS) is 15.6. The molecule has 0 saturated heterocycles. The summed E-state index contributed by atoms with van der Waals surface area (Å²) in [4.78, 5) is 0. The summed E-state index contributed by atoms with van der Waals surface area (Å²) in [5, 5.41) is 0. The number of nitrogens with one attached hydrogen (secondary N) is 1. The van der Waals surface area contributed by atoms with Crippen molar-refractivity contribution in [2.45, 2.75) is 51.8 Å². The van der Waals surface area contributed by atoms with Crippen LogP contribution in [0.25, 0.3) is 0 Å². The average Bonchev–Trinajstić information content (AvgIpc) is 2.27. The lowest BCUT2D eigenvalue weighted by Gasteiger charge is -2.27. The second-order valence-electron chi connectivity index (χ2n) is 5.27. The lowest BCUT2D eigenvalue weighted by Crippen LogP contribution is -2.40. The van der Waals surface area contributed by atoms with E-state index in [0.29, 0.717) is 0 Å². The van der Waals surface area contributed by atoms with Crippen molar-refractivity contribution < 1.29 is 4.55 Å². The molecule has 0 saturated carbocycles. The van der Waals surface area contributed by atoms with E-state index in [4.69, 9.17) is 0 Å². The van der Waals surface area contributed by atoms with Crippen LogP contribution in [0.2, 0.25) is 0 Å². The van der Waals surface area contributed by atoms with E-state index >= 15 is 0 Å². The summed E-state index contributed by atoms with van der Waals surface area (Å²) in [6, 6.07) is 8.44. The van der Waals surface area contributed by atoms with Gasteiger partial charge in [0, 0.05) is 11.4 Å². The highest BCUT2D eigenvalue weighted by Gasteiger charge is 2.28. The Morgan fingerprint density at radius 1 is 1.29 bits per heavy atom. The van der Waals surface area contributed by atoms with Gasteiger partial charge in [0.05, 0.1) is 6.04 Å². The molecule has 0 amide bonds. The summed E-state index contributed by atoms with van der Waals surface area (Å²) in [7, 11) is 0. The molecule has 2 nitrogen and oxygen atoms in total. The van der Waals surface area contributed by atoms with Gasteiger partial charge in [0.25, 0.3) is 0 Å². The van der Waals surface area contributed by atoms with Gasteiger partial charge in [0.2, 0.25) is 0 Å². The Kier molecular flexibility index (Phi) is 5.04. The van der Waals surface area contributed by atoms with Gasteiger partial charge in [-0.05, 0) is 45.2 Å². The Balaban J connectivity index is 2.79. The SMILES string of the molecule is CCc1ccccc1[C@@H](C)N[S+]([O-])C(C)(C)C. The molecule has 96 valence electrons. The van der Waals surface area contributed by atoms with Crippen molar-refractivity contribution >= 4 is 11.4 Å². The smallest absolute Gasteiger partial charge is 0.136 e. The van der Waals surface area contributed by atoms with Gasteiger partial charge in [-0.15, -0.1) is 4.72 Å². The summed E-state index contributed by atoms with van der Waals surface area (Å²) < 4.78 is 15.0. The van der Waals surface area contributed by atoms with Crippen LogP contribution >= 0.6 is 0 Å². The van der Waals surface area contributed by atoms with Gasteiger partial charge >= 0.3 is 0 Å². The van der Waals surface area contributed by atoms with Crippen LogP contribution in [0.5, 0.6) is 0 Å². The molecule has 0 aromatic heterocycles. The van der Waals surface area contributed by atoms with Crippen LogP contribution in [-0.4, -0.2) is 9.30 Å². The number of aryl methyl sites for hydroxylation is 1. The standard InChI is InChI=1S/C14H23NOS/c1-6-12-9-7-8-10-13(12)11(2)15-17(16)14(3,4)5/h7-11,15H,6H2,1-5H3/t11-,17?/m1/s1. The molecule has 1 rings (SSSR count). The lowest BCUT2D eigenvalue weighted by atomic mass is 10.0. The summed E-state index contributed by atoms with van der Waals surface area (Å²) >= 11 is -1.03. The van der Waals surface area contributed by atoms with Gasteiger partial charge in [0.15, 0.2) is 0 Å². The van der Waals surface area contributed by atoms with Gasteiger partial charge in [-0.2, -0.15) is 0 Å². The van der Waals surface area contributed by atoms with E-state index in [1.54, 1.807) is 0 Å². The van der Waals surface area contributed by atoms with Gasteiger partial charge in [-0.3, -0.25) is 0 Å². The highest BCUT2D eigenvalue weighted by molar-refractivity contribution is 7.90. The first kappa shape index (κ1) is 14.6. The van der Waals surface area contributed by atoms with Crippen molar-refractivity contribution in [3.05, 3.63) is 35.4 Å². The maximum Gasteiger partial charge on any atom is 0.136 e. The highest BCUT2D eigenvalue weighted by atomic mass is 32.2. The van der Waals surface area contributed by atoms with Crippen LogP contribution in [0.3, 0.4) is 0 Å². The molecule has 0 fully saturated rings. The minimum absolute atomic E-state index is 0.117. The number of benzene rings is 1. The third-order valence-corrected chi connectivity index (χ3v) is 4.42. The Labute approximate surface area is 108 Å². The molecule has 0 spiro atoms. The number of rotatable bonds is 4. The molecular formula is C14H23NOS. The third kappa shape index (κ3) is 4.02. The molecule has 1 aromatic rings. The summed E-state index contributed by atoms with van der Waals surface area (Å²) in [6.07, 6.45) is 1.00. The van der Waals surface area contributed by atoms with Crippen LogP contribution in [0.1, 0.15) is 51.8 Å². The molecule has 1 N–H and O–H groups in total. The van der Waals surface area contributed by atoms with Gasteiger partial charge < -0.3 is 4.55 Å². The average molecular weight is 253 g/mol. The summed E-state index contributed by atoms with van der Waals surface area (Å²) in [6.45, 7) is 10.2. The molecule has 2 atom stereocenters. The first-order chi connectivity index (χ1) is 7.86. The molecule has 1 aromatic carbocycles. The van der Waals surface area contributed by atoms with E-state index in [1.807, 2.05) is 26.8 Å². The van der Waals surface area contributed by atoms with E-state index in [1.165, 1.54) is 11.1 Å². The predicted molar refractivity (Wildman–Crippen MR) is 75.3 cm³/mol. The second-order valence-corrected chi connectivity index (χ2v) is 7.27. The van der Waals surface area contributed by atoms with Crippen LogP contribution in [0.4, 0.5) is 0 Å². The molecule has 0 bridgehead atoms. The first-order valence-corrected chi connectivity index (χ1v) is 7.27. The largest absolute Gasteiger partial charge is 0.598 e. The Morgan fingerprint density at radius 2 is 1.88 bits per heavy atom. The van der Waals surface area contributed by atoms with Crippen LogP contribution in [0, 0.1) is 0 Å². The van der Waals surface area contributed by atoms with E-state index < -0.39 is 11.4 Å². The fourth-order valence-electron chi connectivity index (χ4n) is 1.68. The van der Waals surface area contributed by atoms with Gasteiger partial charge in [-0.25, -0.2) is 0 Å². The predicted octanol–water partition coefficient (Wildman–Crippen LogP) is 3.36. The number of hydrogen-bond acceptors (Lipinski definition) is 2. The zero-order chi connectivity index (χ0) is 13.1. The van der Waals surface area contributed by atoms with Crippen molar-refractivity contribution in [2.24, 2.45) is 0 Å². The number of hydrogen-bond donors (Lipinski definition) is 1. The van der Waals surface area contributed by atoms with Crippen molar-refractivity contribution in [1.29, 1.82) is 0 Å². The monoisotopic (exact) mass is 253 g/mol. The van der Waals surface area contributed by atoms with Crippen molar-refractivity contribution in [2.75, 3.05) is 0 Å². The quantitative estimate of drug-likeness (QED) is 0.835. The fraction of sp³-hybridized carbons (Fsp3) is 0.571. The maximum absolute atomic E-state index is 12.0. The maximum atomic E-state index is 12.0. The van der Waals surface area contributed by atoms with Gasteiger partial charge in [0.1, 0.15) is 4.75 Å². The van der Waals surface area contributed by atoms with E-state index in [2.05, 4.69) is 36.8 Å². The Morgan fingerprint density at radius 3 is 2.41 bits per heavy atom. The summed E-state index contributed by atoms with van der Waals surface area (Å²) in [5.41, 5.74) is 2.56. The second kappa shape index (κ2) is 5.89. The first-order valence-electron chi connectivity index (χ1n) is 6.12. The molecule has 3 heteroatoms. The fourth-order valence-corrected chi connectivity index (χ4v) is 2.48. The molecule has 0 radical (unpaired) electrons. The van der Waals surface area contributed by atoms with Crippen molar-refractivity contribution in [3.63, 3.8) is 0 Å². The molecular weight excluding hydrogens is 230 g/mol. The van der Waals surface area contributed by atoms with Gasteiger partial charge in [-0.1, -0.05) is 31.2 Å². The summed E-state index contributed by atoms with van der Waals surface area (Å²) in [5.74, 6) is 0. The Hall–Kier alpha value is -0.510. The minimum Gasteiger partial charge on any atom is -0.598 e. The minimum atomic E-state index is -1.03. The van der Waals surface area contributed by atoms with Crippen molar-refractivity contribution in [1.82, 2.24) is 4.72 Å². The van der Waals surface area contributed by atoms with E-state index in [9.17, 15) is 4.55 Å². The third-order valence-electron chi connectivity index (χ3n) is 2.74. The molecule has 17 heavy (non-hydrogen) atoms. The van der Waals surface area contributed by atoms with E-state index in [0.717, 1.165) is 6.42 Å². The van der Waals surface area contributed by atoms with Crippen LogP contribution in [0.15, 0.2) is 24.3 Å². The molecule has 1 unspecified atom stereocenters. The molecule has 0 aliphatic carbocycles. The molecule has 0 aliphatic heterocycles. The molecule has 0 aliphatic rings. The Bertz CT molecular complexity index is 359. The zero-order valence-corrected chi connectivity index (χ0v) is 12.2. The van der Waals surface area contributed by atoms with Crippen LogP contribution < -0.4 is 4.72 Å². The topological polar surface area (TPSA) is 35.1 Å². The van der Waals surface area contributed by atoms with Crippen LogP contribution in [-0.2, 0) is 17.8 Å².